The van der Waals surface area contributed by atoms with Gasteiger partial charge in [0.15, 0.2) is 0 Å². The van der Waals surface area contributed by atoms with Gasteiger partial charge in [0.1, 0.15) is 0 Å². The van der Waals surface area contributed by atoms with Crippen molar-refractivity contribution in [2.45, 2.75) is 12.7 Å². The van der Waals surface area contributed by atoms with Crippen molar-refractivity contribution in [1.29, 1.82) is 0 Å². The summed E-state index contributed by atoms with van der Waals surface area (Å²) in [5.74, 6) is -0.470. The predicted molar refractivity (Wildman–Crippen MR) is 81.7 cm³/mol. The van der Waals surface area contributed by atoms with Gasteiger partial charge in [0, 0.05) is 27.5 Å². The van der Waals surface area contributed by atoms with Gasteiger partial charge in [-0.2, -0.15) is 0 Å². The summed E-state index contributed by atoms with van der Waals surface area (Å²) in [6.45, 7) is 1.83. The molecule has 2 aromatic carbocycles. The van der Waals surface area contributed by atoms with Crippen LogP contribution in [0.1, 0.15) is 18.1 Å². The van der Waals surface area contributed by atoms with Crippen LogP contribution in [0.2, 0.25) is 5.02 Å². The summed E-state index contributed by atoms with van der Waals surface area (Å²) in [4.78, 5) is 5.49. The summed E-state index contributed by atoms with van der Waals surface area (Å²) in [6, 6.07) is 15.0. The number of nitrogens with zero attached hydrogens (tertiary/aromatic N) is 1. The molecule has 1 atom stereocenters. The van der Waals surface area contributed by atoms with Crippen molar-refractivity contribution in [1.82, 2.24) is 0 Å². The van der Waals surface area contributed by atoms with Gasteiger partial charge in [-0.1, -0.05) is 39.7 Å². The second kappa shape index (κ2) is 5.11. The Labute approximate surface area is 130 Å². The van der Waals surface area contributed by atoms with E-state index in [4.69, 9.17) is 21.2 Å². The maximum Gasteiger partial charge on any atom is 0.301 e. The van der Waals surface area contributed by atoms with E-state index < -0.39 is 5.79 Å². The second-order valence-corrected chi connectivity index (χ2v) is 5.90. The van der Waals surface area contributed by atoms with Gasteiger partial charge in [0.25, 0.3) is 5.90 Å². The molecule has 0 saturated heterocycles. The van der Waals surface area contributed by atoms with E-state index in [1.165, 1.54) is 0 Å². The highest BCUT2D eigenvalue weighted by molar-refractivity contribution is 9.10. The van der Waals surface area contributed by atoms with Crippen molar-refractivity contribution < 1.29 is 9.57 Å². The summed E-state index contributed by atoms with van der Waals surface area (Å²) in [6.07, 6.45) is 0. The van der Waals surface area contributed by atoms with E-state index in [0.29, 0.717) is 10.9 Å². The number of hydrogen-bond acceptors (Lipinski definition) is 3. The molecule has 0 N–H and O–H groups in total. The van der Waals surface area contributed by atoms with Crippen molar-refractivity contribution in [3.05, 3.63) is 69.2 Å². The summed E-state index contributed by atoms with van der Waals surface area (Å²) >= 11 is 9.31. The van der Waals surface area contributed by atoms with E-state index in [0.717, 1.165) is 15.6 Å². The zero-order valence-electron chi connectivity index (χ0n) is 10.6. The van der Waals surface area contributed by atoms with Gasteiger partial charge in [-0.15, -0.1) is 0 Å². The predicted octanol–water partition coefficient (Wildman–Crippen LogP) is 4.68. The number of oxime groups is 1. The van der Waals surface area contributed by atoms with Gasteiger partial charge >= 0.3 is 5.79 Å². The van der Waals surface area contributed by atoms with Crippen molar-refractivity contribution in [3.8, 4) is 0 Å². The average molecular weight is 353 g/mol. The molecule has 0 aromatic heterocycles. The molecule has 1 aliphatic heterocycles. The Hall–Kier alpha value is -1.52. The number of rotatable bonds is 2. The minimum absolute atomic E-state index is 0.448. The summed E-state index contributed by atoms with van der Waals surface area (Å²) in [7, 11) is 0. The Bertz CT molecular complexity index is 672. The minimum atomic E-state index is -0.918. The molecule has 0 amide bonds. The zero-order chi connectivity index (χ0) is 14.2. The Kier molecular flexibility index (Phi) is 3.44. The Balaban J connectivity index is 1.86. The van der Waals surface area contributed by atoms with Gasteiger partial charge in [-0.05, 0) is 41.6 Å². The van der Waals surface area contributed by atoms with Crippen LogP contribution in [0, 0.1) is 0 Å². The second-order valence-electron chi connectivity index (χ2n) is 4.55. The van der Waals surface area contributed by atoms with E-state index in [1.54, 1.807) is 12.1 Å². The first-order valence-corrected chi connectivity index (χ1v) is 7.21. The van der Waals surface area contributed by atoms with Crippen LogP contribution in [-0.4, -0.2) is 5.90 Å². The molecule has 0 spiro atoms. The number of ether oxygens (including phenoxy) is 1. The zero-order valence-corrected chi connectivity index (χ0v) is 13.0. The maximum absolute atomic E-state index is 5.88. The van der Waals surface area contributed by atoms with Crippen molar-refractivity contribution in [2.24, 2.45) is 5.16 Å². The summed E-state index contributed by atoms with van der Waals surface area (Å²) in [5, 5.41) is 4.70. The van der Waals surface area contributed by atoms with Crippen LogP contribution in [0.15, 0.2) is 58.2 Å². The monoisotopic (exact) mass is 351 g/mol. The molecule has 0 bridgehead atoms. The Morgan fingerprint density at radius 1 is 1.15 bits per heavy atom. The topological polar surface area (TPSA) is 30.8 Å². The SMILES string of the molecule is CC1(c2cccc(Br)c2)ON=C(c2ccc(Cl)cc2)O1. The van der Waals surface area contributed by atoms with E-state index >= 15 is 0 Å². The highest BCUT2D eigenvalue weighted by Crippen LogP contribution is 2.34. The lowest BCUT2D eigenvalue weighted by molar-refractivity contribution is -0.152. The number of benzene rings is 2. The summed E-state index contributed by atoms with van der Waals surface area (Å²) in [5.41, 5.74) is 1.72. The highest BCUT2D eigenvalue weighted by atomic mass is 79.9. The van der Waals surface area contributed by atoms with E-state index in [9.17, 15) is 0 Å². The third-order valence-electron chi connectivity index (χ3n) is 3.03. The molecule has 0 saturated carbocycles. The van der Waals surface area contributed by atoms with Crippen LogP contribution in [0.4, 0.5) is 0 Å². The lowest BCUT2D eigenvalue weighted by Crippen LogP contribution is -2.25. The molecule has 20 heavy (non-hydrogen) atoms. The molecule has 0 radical (unpaired) electrons. The molecule has 5 heteroatoms. The van der Waals surface area contributed by atoms with E-state index in [2.05, 4.69) is 21.1 Å². The third-order valence-corrected chi connectivity index (χ3v) is 3.78. The largest absolute Gasteiger partial charge is 0.426 e. The molecule has 1 unspecified atom stereocenters. The highest BCUT2D eigenvalue weighted by Gasteiger charge is 2.38. The van der Waals surface area contributed by atoms with Crippen molar-refractivity contribution in [2.75, 3.05) is 0 Å². The molecule has 2 aromatic rings. The molecular formula is C15H11BrClNO2. The minimum Gasteiger partial charge on any atom is -0.426 e. The number of halogens is 2. The van der Waals surface area contributed by atoms with Crippen molar-refractivity contribution >= 4 is 33.4 Å². The molecular weight excluding hydrogens is 342 g/mol. The van der Waals surface area contributed by atoms with Crippen LogP contribution >= 0.6 is 27.5 Å². The maximum atomic E-state index is 5.88. The molecule has 1 heterocycles. The Morgan fingerprint density at radius 2 is 1.90 bits per heavy atom. The van der Waals surface area contributed by atoms with Gasteiger partial charge in [-0.25, -0.2) is 0 Å². The first-order valence-electron chi connectivity index (χ1n) is 6.04. The van der Waals surface area contributed by atoms with Crippen LogP contribution in [0.5, 0.6) is 0 Å². The van der Waals surface area contributed by atoms with Crippen LogP contribution in [0.3, 0.4) is 0 Å². The Morgan fingerprint density at radius 3 is 2.60 bits per heavy atom. The van der Waals surface area contributed by atoms with Crippen LogP contribution < -0.4 is 0 Å². The first-order chi connectivity index (χ1) is 9.57. The summed E-state index contributed by atoms with van der Waals surface area (Å²) < 4.78 is 6.84. The molecule has 0 aliphatic carbocycles. The molecule has 3 nitrogen and oxygen atoms in total. The lowest BCUT2D eigenvalue weighted by Gasteiger charge is -2.21. The van der Waals surface area contributed by atoms with E-state index in [1.807, 2.05) is 43.3 Å². The molecule has 3 rings (SSSR count). The fourth-order valence-corrected chi connectivity index (χ4v) is 2.46. The van der Waals surface area contributed by atoms with Gasteiger partial charge in [0.05, 0.1) is 0 Å². The lowest BCUT2D eigenvalue weighted by atomic mass is 10.1. The molecule has 102 valence electrons. The average Bonchev–Trinajstić information content (AvgIpc) is 2.84. The van der Waals surface area contributed by atoms with Crippen LogP contribution in [0.25, 0.3) is 0 Å². The van der Waals surface area contributed by atoms with E-state index in [-0.39, 0.29) is 0 Å². The molecule has 0 fully saturated rings. The standard InChI is InChI=1S/C15H11BrClNO2/c1-15(11-3-2-4-12(16)9-11)19-14(18-20-15)10-5-7-13(17)8-6-10/h2-9H,1H3. The van der Waals surface area contributed by atoms with Gasteiger partial charge < -0.3 is 9.57 Å². The third kappa shape index (κ3) is 2.53. The fraction of sp³-hybridized carbons (Fsp3) is 0.133. The molecule has 1 aliphatic rings. The number of hydrogen-bond donors (Lipinski definition) is 0. The fourth-order valence-electron chi connectivity index (χ4n) is 1.94. The van der Waals surface area contributed by atoms with Gasteiger partial charge in [0.2, 0.25) is 0 Å². The van der Waals surface area contributed by atoms with Gasteiger partial charge in [-0.3, -0.25) is 0 Å². The normalized spacial score (nSPS) is 21.1. The van der Waals surface area contributed by atoms with Crippen LogP contribution in [-0.2, 0) is 15.4 Å². The smallest absolute Gasteiger partial charge is 0.301 e. The quantitative estimate of drug-likeness (QED) is 0.785. The van der Waals surface area contributed by atoms with Crippen molar-refractivity contribution in [3.63, 3.8) is 0 Å². The first kappa shape index (κ1) is 13.5.